The van der Waals surface area contributed by atoms with Crippen molar-refractivity contribution in [3.63, 3.8) is 0 Å². The number of benzene rings is 1. The summed E-state index contributed by atoms with van der Waals surface area (Å²) in [7, 11) is 0. The minimum atomic E-state index is -0.326. The van der Waals surface area contributed by atoms with Crippen LogP contribution in [0.1, 0.15) is 23.0 Å². The lowest BCUT2D eigenvalue weighted by Gasteiger charge is -2.03. The summed E-state index contributed by atoms with van der Waals surface area (Å²) in [5.41, 5.74) is 8.33. The van der Waals surface area contributed by atoms with Crippen molar-refractivity contribution in [2.24, 2.45) is 0 Å². The Hall–Kier alpha value is -3.15. The minimum absolute atomic E-state index is 0.205. The maximum absolute atomic E-state index is 12.2. The van der Waals surface area contributed by atoms with Gasteiger partial charge in [-0.1, -0.05) is 19.1 Å². The summed E-state index contributed by atoms with van der Waals surface area (Å²) in [6.45, 7) is 2.08. The molecule has 116 valence electrons. The van der Waals surface area contributed by atoms with E-state index in [1.54, 1.807) is 18.3 Å². The van der Waals surface area contributed by atoms with E-state index in [9.17, 15) is 4.79 Å². The molecule has 2 aromatic heterocycles. The average Bonchev–Trinajstić information content (AvgIpc) is 3.06. The summed E-state index contributed by atoms with van der Waals surface area (Å²) in [6, 6.07) is 11.1. The third kappa shape index (κ3) is 3.37. The maximum atomic E-state index is 12.2. The number of oxazole rings is 1. The smallest absolute Gasteiger partial charge is 0.277 e. The first-order chi connectivity index (χ1) is 11.2. The first-order valence-corrected chi connectivity index (χ1v) is 7.23. The van der Waals surface area contributed by atoms with Gasteiger partial charge < -0.3 is 15.5 Å². The molecule has 0 spiro atoms. The van der Waals surface area contributed by atoms with Gasteiger partial charge in [-0.05, 0) is 36.2 Å². The van der Waals surface area contributed by atoms with E-state index in [0.717, 1.165) is 6.42 Å². The molecule has 0 aliphatic heterocycles. The third-order valence-electron chi connectivity index (χ3n) is 3.39. The van der Waals surface area contributed by atoms with E-state index in [2.05, 4.69) is 22.2 Å². The Bertz CT molecular complexity index is 807. The van der Waals surface area contributed by atoms with Crippen LogP contribution in [0.3, 0.4) is 0 Å². The lowest BCUT2D eigenvalue weighted by molar-refractivity contribution is 0.102. The van der Waals surface area contributed by atoms with Crippen molar-refractivity contribution >= 4 is 17.4 Å². The van der Waals surface area contributed by atoms with E-state index in [-0.39, 0.29) is 11.6 Å². The number of hydrogen-bond donors (Lipinski definition) is 2. The highest BCUT2D eigenvalue weighted by atomic mass is 16.3. The highest BCUT2D eigenvalue weighted by Crippen LogP contribution is 2.19. The van der Waals surface area contributed by atoms with Crippen molar-refractivity contribution in [1.82, 2.24) is 9.97 Å². The lowest BCUT2D eigenvalue weighted by Crippen LogP contribution is -2.12. The van der Waals surface area contributed by atoms with Gasteiger partial charge in [-0.25, -0.2) is 9.97 Å². The summed E-state index contributed by atoms with van der Waals surface area (Å²) >= 11 is 0. The Morgan fingerprint density at radius 1 is 1.22 bits per heavy atom. The number of anilines is 2. The van der Waals surface area contributed by atoms with E-state index in [1.165, 1.54) is 11.8 Å². The monoisotopic (exact) mass is 308 g/mol. The van der Waals surface area contributed by atoms with Crippen LogP contribution in [0.25, 0.3) is 11.5 Å². The van der Waals surface area contributed by atoms with E-state index in [4.69, 9.17) is 10.2 Å². The molecule has 1 aromatic carbocycles. The first kappa shape index (κ1) is 14.8. The zero-order chi connectivity index (χ0) is 16.2. The number of aryl methyl sites for hydroxylation is 1. The Labute approximate surface area is 133 Å². The second-order valence-corrected chi connectivity index (χ2v) is 5.01. The van der Waals surface area contributed by atoms with Crippen LogP contribution < -0.4 is 11.1 Å². The second kappa shape index (κ2) is 6.31. The van der Waals surface area contributed by atoms with Crippen LogP contribution in [-0.2, 0) is 6.42 Å². The molecule has 0 fully saturated rings. The van der Waals surface area contributed by atoms with Crippen molar-refractivity contribution in [2.75, 3.05) is 11.1 Å². The predicted octanol–water partition coefficient (Wildman–Crippen LogP) is 3.13. The van der Waals surface area contributed by atoms with Gasteiger partial charge in [0.05, 0.1) is 5.56 Å². The second-order valence-electron chi connectivity index (χ2n) is 5.01. The average molecular weight is 308 g/mol. The van der Waals surface area contributed by atoms with Gasteiger partial charge in [0.1, 0.15) is 12.1 Å². The number of nitrogens with zero attached hydrogens (tertiary/aromatic N) is 2. The molecule has 2 heterocycles. The summed E-state index contributed by atoms with van der Waals surface area (Å²) in [5, 5.41) is 2.79. The van der Waals surface area contributed by atoms with Crippen LogP contribution in [-0.4, -0.2) is 15.9 Å². The molecule has 6 heteroatoms. The van der Waals surface area contributed by atoms with Crippen LogP contribution in [0.4, 0.5) is 11.5 Å². The number of pyridine rings is 1. The van der Waals surface area contributed by atoms with Crippen molar-refractivity contribution < 1.29 is 9.21 Å². The summed E-state index contributed by atoms with van der Waals surface area (Å²) in [6.07, 6.45) is 3.82. The molecule has 0 aliphatic rings. The molecule has 0 bridgehead atoms. The predicted molar refractivity (Wildman–Crippen MR) is 87.9 cm³/mol. The van der Waals surface area contributed by atoms with Gasteiger partial charge in [0, 0.05) is 11.9 Å². The van der Waals surface area contributed by atoms with E-state index in [1.807, 2.05) is 24.3 Å². The zero-order valence-corrected chi connectivity index (χ0v) is 12.6. The molecule has 0 radical (unpaired) electrons. The van der Waals surface area contributed by atoms with Crippen LogP contribution in [0.15, 0.2) is 53.3 Å². The quantitative estimate of drug-likeness (QED) is 0.772. The number of aromatic nitrogens is 2. The molecule has 23 heavy (non-hydrogen) atoms. The zero-order valence-electron chi connectivity index (χ0n) is 12.6. The van der Waals surface area contributed by atoms with Gasteiger partial charge in [-0.15, -0.1) is 0 Å². The number of rotatable bonds is 4. The normalized spacial score (nSPS) is 10.5. The van der Waals surface area contributed by atoms with Gasteiger partial charge in [-0.2, -0.15) is 0 Å². The van der Waals surface area contributed by atoms with Gasteiger partial charge >= 0.3 is 0 Å². The Morgan fingerprint density at radius 3 is 2.65 bits per heavy atom. The molecule has 1 amide bonds. The lowest BCUT2D eigenvalue weighted by atomic mass is 10.1. The highest BCUT2D eigenvalue weighted by molar-refractivity contribution is 6.02. The van der Waals surface area contributed by atoms with E-state index < -0.39 is 0 Å². The molecule has 0 aliphatic carbocycles. The number of nitrogen functional groups attached to an aromatic ring is 1. The molecule has 6 nitrogen and oxygen atoms in total. The standard InChI is InChI=1S/C17H16N4O2/c1-2-11-3-6-13(7-4-11)20-16(22)14-10-23-17(21-14)12-5-8-15(18)19-9-12/h3-10H,2H2,1H3,(H2,18,19)(H,20,22). The van der Waals surface area contributed by atoms with Crippen LogP contribution in [0, 0.1) is 0 Å². The SMILES string of the molecule is CCc1ccc(NC(=O)c2coc(-c3ccc(N)nc3)n2)cc1. The van der Waals surface area contributed by atoms with Crippen molar-refractivity contribution in [3.05, 3.63) is 60.1 Å². The first-order valence-electron chi connectivity index (χ1n) is 7.23. The Balaban J connectivity index is 1.74. The molecule has 3 aromatic rings. The Kier molecular flexibility index (Phi) is 4.05. The van der Waals surface area contributed by atoms with E-state index in [0.29, 0.717) is 23.0 Å². The van der Waals surface area contributed by atoms with Gasteiger partial charge in [0.2, 0.25) is 5.89 Å². The Morgan fingerprint density at radius 2 is 2.00 bits per heavy atom. The van der Waals surface area contributed by atoms with Crippen molar-refractivity contribution in [2.45, 2.75) is 13.3 Å². The molecule has 0 unspecified atom stereocenters. The topological polar surface area (TPSA) is 94.0 Å². The third-order valence-corrected chi connectivity index (χ3v) is 3.39. The van der Waals surface area contributed by atoms with Gasteiger partial charge in [-0.3, -0.25) is 4.79 Å². The van der Waals surface area contributed by atoms with Crippen molar-refractivity contribution in [1.29, 1.82) is 0 Å². The number of carbonyl (C=O) groups is 1. The number of carbonyl (C=O) groups excluding carboxylic acids is 1. The molecular weight excluding hydrogens is 292 g/mol. The summed E-state index contributed by atoms with van der Waals surface area (Å²) in [4.78, 5) is 20.3. The molecular formula is C17H16N4O2. The molecule has 0 atom stereocenters. The summed E-state index contributed by atoms with van der Waals surface area (Å²) in [5.74, 6) is 0.408. The van der Waals surface area contributed by atoms with Crippen LogP contribution >= 0.6 is 0 Å². The minimum Gasteiger partial charge on any atom is -0.444 e. The van der Waals surface area contributed by atoms with Crippen LogP contribution in [0.5, 0.6) is 0 Å². The molecule has 3 N–H and O–H groups in total. The van der Waals surface area contributed by atoms with E-state index >= 15 is 0 Å². The fraction of sp³-hybridized carbons (Fsp3) is 0.118. The number of hydrogen-bond acceptors (Lipinski definition) is 5. The number of nitrogens with two attached hydrogens (primary N) is 1. The molecule has 0 saturated heterocycles. The largest absolute Gasteiger partial charge is 0.444 e. The van der Waals surface area contributed by atoms with Gasteiger partial charge in [0.15, 0.2) is 5.69 Å². The molecule has 0 saturated carbocycles. The van der Waals surface area contributed by atoms with Crippen molar-refractivity contribution in [3.8, 4) is 11.5 Å². The maximum Gasteiger partial charge on any atom is 0.277 e. The summed E-state index contributed by atoms with van der Waals surface area (Å²) < 4.78 is 5.33. The molecule has 3 rings (SSSR count). The number of nitrogens with one attached hydrogen (secondary N) is 1. The number of amides is 1. The fourth-order valence-electron chi connectivity index (χ4n) is 2.06. The fourth-order valence-corrected chi connectivity index (χ4v) is 2.06. The van der Waals surface area contributed by atoms with Crippen LogP contribution in [0.2, 0.25) is 0 Å². The van der Waals surface area contributed by atoms with Gasteiger partial charge in [0.25, 0.3) is 5.91 Å². The highest BCUT2D eigenvalue weighted by Gasteiger charge is 2.14.